The van der Waals surface area contributed by atoms with Crippen LogP contribution in [0.2, 0.25) is 0 Å². The highest BCUT2D eigenvalue weighted by Gasteiger charge is 2.47. The summed E-state index contributed by atoms with van der Waals surface area (Å²) in [5, 5.41) is 0.681. The molecule has 2 atom stereocenters. The van der Waals surface area contributed by atoms with Crippen molar-refractivity contribution in [3.63, 3.8) is 0 Å². The zero-order valence-electron chi connectivity index (χ0n) is 13.7. The molecule has 4 nitrogen and oxygen atoms in total. The van der Waals surface area contributed by atoms with Crippen LogP contribution in [0.3, 0.4) is 0 Å². The van der Waals surface area contributed by atoms with Crippen LogP contribution in [0.1, 0.15) is 5.56 Å². The molecule has 136 valence electrons. The Morgan fingerprint density at radius 2 is 1.96 bits per heavy atom. The molecule has 0 N–H and O–H groups in total. The van der Waals surface area contributed by atoms with Crippen LogP contribution in [0.15, 0.2) is 58.0 Å². The van der Waals surface area contributed by atoms with E-state index in [2.05, 4.69) is 20.9 Å². The lowest BCUT2D eigenvalue weighted by atomic mass is 10.1. The summed E-state index contributed by atoms with van der Waals surface area (Å²) in [5.41, 5.74) is 1.51. The maximum atomic E-state index is 14.6. The highest BCUT2D eigenvalue weighted by molar-refractivity contribution is 9.10. The number of fused-ring (bicyclic) bond motifs is 1. The summed E-state index contributed by atoms with van der Waals surface area (Å²) < 4.78 is 39.3. The van der Waals surface area contributed by atoms with Crippen molar-refractivity contribution in [3.05, 3.63) is 64.4 Å². The SMILES string of the molecule is O=S1(=O)C[C@@H]2N=C(SCc3ccccc3)N(c3ccc(Br)cc3F)[C@@H]2C1. The van der Waals surface area contributed by atoms with E-state index in [9.17, 15) is 12.8 Å². The quantitative estimate of drug-likeness (QED) is 0.706. The van der Waals surface area contributed by atoms with E-state index in [4.69, 9.17) is 0 Å². The van der Waals surface area contributed by atoms with Crippen LogP contribution >= 0.6 is 27.7 Å². The fraction of sp³-hybridized carbons (Fsp3) is 0.278. The van der Waals surface area contributed by atoms with Gasteiger partial charge in [0.2, 0.25) is 0 Å². The van der Waals surface area contributed by atoms with Crippen LogP contribution in [0, 0.1) is 5.82 Å². The van der Waals surface area contributed by atoms with Crippen LogP contribution in [-0.2, 0) is 15.6 Å². The van der Waals surface area contributed by atoms with Gasteiger partial charge in [-0.15, -0.1) is 0 Å². The summed E-state index contributed by atoms with van der Waals surface area (Å²) in [6.45, 7) is 0. The number of sulfone groups is 1. The van der Waals surface area contributed by atoms with Gasteiger partial charge in [-0.2, -0.15) is 0 Å². The van der Waals surface area contributed by atoms with Gasteiger partial charge in [0.15, 0.2) is 15.0 Å². The number of nitrogens with zero attached hydrogens (tertiary/aromatic N) is 2. The number of amidine groups is 1. The van der Waals surface area contributed by atoms with E-state index in [1.165, 1.54) is 17.8 Å². The van der Waals surface area contributed by atoms with E-state index >= 15 is 0 Å². The number of thioether (sulfide) groups is 1. The fourth-order valence-electron chi connectivity index (χ4n) is 3.31. The molecule has 2 aliphatic heterocycles. The summed E-state index contributed by atoms with van der Waals surface area (Å²) >= 11 is 4.78. The highest BCUT2D eigenvalue weighted by Crippen LogP contribution is 2.37. The second-order valence-corrected chi connectivity index (χ2v) is 10.4. The summed E-state index contributed by atoms with van der Waals surface area (Å²) in [6.07, 6.45) is 0. The topological polar surface area (TPSA) is 49.7 Å². The molecule has 0 unspecified atom stereocenters. The smallest absolute Gasteiger partial charge is 0.164 e. The first-order valence-corrected chi connectivity index (χ1v) is 11.7. The Morgan fingerprint density at radius 3 is 2.69 bits per heavy atom. The third-order valence-corrected chi connectivity index (χ3v) is 7.72. The van der Waals surface area contributed by atoms with E-state index in [0.29, 0.717) is 21.1 Å². The van der Waals surface area contributed by atoms with Crippen LogP contribution < -0.4 is 4.90 Å². The predicted octanol–water partition coefficient (Wildman–Crippen LogP) is 3.86. The molecular weight excluding hydrogens is 439 g/mol. The van der Waals surface area contributed by atoms with Crippen molar-refractivity contribution in [1.29, 1.82) is 0 Å². The van der Waals surface area contributed by atoms with E-state index in [0.717, 1.165) is 5.56 Å². The standard InChI is InChI=1S/C18H16BrFN2O2S2/c19-13-6-7-16(14(20)8-13)22-17-11-26(23,24)10-15(17)21-18(22)25-9-12-4-2-1-3-5-12/h1-8,15,17H,9-11H2/t15-,17+/m0/s1. The lowest BCUT2D eigenvalue weighted by Gasteiger charge is -2.27. The lowest BCUT2D eigenvalue weighted by molar-refractivity contribution is 0.600. The maximum absolute atomic E-state index is 14.6. The van der Waals surface area contributed by atoms with E-state index in [1.54, 1.807) is 17.0 Å². The normalized spacial score (nSPS) is 23.8. The van der Waals surface area contributed by atoms with Crippen molar-refractivity contribution in [2.45, 2.75) is 17.8 Å². The Labute approximate surface area is 164 Å². The number of anilines is 1. The molecule has 0 amide bonds. The molecule has 2 aliphatic rings. The number of benzene rings is 2. The number of rotatable bonds is 3. The first kappa shape index (κ1) is 18.0. The third kappa shape index (κ3) is 3.54. The first-order chi connectivity index (χ1) is 12.4. The molecule has 0 spiro atoms. The third-order valence-electron chi connectivity index (χ3n) is 4.49. The average molecular weight is 455 g/mol. The van der Waals surface area contributed by atoms with Crippen molar-refractivity contribution in [3.8, 4) is 0 Å². The largest absolute Gasteiger partial charge is 0.312 e. The van der Waals surface area contributed by atoms with Gasteiger partial charge in [-0.3, -0.25) is 4.99 Å². The molecule has 2 aromatic rings. The monoisotopic (exact) mass is 454 g/mol. The molecule has 4 rings (SSSR count). The number of hydrogen-bond donors (Lipinski definition) is 0. The second kappa shape index (κ2) is 6.98. The molecule has 0 aliphatic carbocycles. The number of halogens is 2. The van der Waals surface area contributed by atoms with Crippen molar-refractivity contribution < 1.29 is 12.8 Å². The Kier molecular flexibility index (Phi) is 4.83. The number of hydrogen-bond acceptors (Lipinski definition) is 5. The van der Waals surface area contributed by atoms with Crippen molar-refractivity contribution in [1.82, 2.24) is 0 Å². The zero-order valence-corrected chi connectivity index (χ0v) is 16.9. The van der Waals surface area contributed by atoms with Gasteiger partial charge in [-0.05, 0) is 23.8 Å². The van der Waals surface area contributed by atoms with Gasteiger partial charge in [0.25, 0.3) is 0 Å². The minimum absolute atomic E-state index is 0.00602. The molecule has 0 radical (unpaired) electrons. The van der Waals surface area contributed by atoms with Gasteiger partial charge in [0.1, 0.15) is 5.82 Å². The van der Waals surface area contributed by atoms with Crippen molar-refractivity contribution in [2.75, 3.05) is 16.4 Å². The lowest BCUT2D eigenvalue weighted by Crippen LogP contribution is -2.39. The summed E-state index contributed by atoms with van der Waals surface area (Å²) in [4.78, 5) is 6.40. The van der Waals surface area contributed by atoms with Crippen LogP contribution in [0.4, 0.5) is 10.1 Å². The number of aliphatic imine (C=N–C) groups is 1. The van der Waals surface area contributed by atoms with Crippen LogP contribution in [0.5, 0.6) is 0 Å². The van der Waals surface area contributed by atoms with Crippen LogP contribution in [-0.4, -0.2) is 37.2 Å². The molecule has 0 saturated carbocycles. The van der Waals surface area contributed by atoms with Gasteiger partial charge in [0, 0.05) is 10.2 Å². The first-order valence-electron chi connectivity index (χ1n) is 8.12. The molecule has 26 heavy (non-hydrogen) atoms. The Bertz CT molecular complexity index is 966. The molecule has 1 saturated heterocycles. The van der Waals surface area contributed by atoms with Gasteiger partial charge in [-0.1, -0.05) is 58.0 Å². The maximum Gasteiger partial charge on any atom is 0.164 e. The van der Waals surface area contributed by atoms with Gasteiger partial charge < -0.3 is 4.90 Å². The predicted molar refractivity (Wildman–Crippen MR) is 108 cm³/mol. The van der Waals surface area contributed by atoms with Gasteiger partial charge in [0.05, 0.1) is 29.3 Å². The Hall–Kier alpha value is -1.38. The molecule has 0 aromatic heterocycles. The van der Waals surface area contributed by atoms with E-state index < -0.39 is 15.7 Å². The Morgan fingerprint density at radius 1 is 1.19 bits per heavy atom. The highest BCUT2D eigenvalue weighted by atomic mass is 79.9. The molecule has 1 fully saturated rings. The molecule has 2 aromatic carbocycles. The molecule has 2 heterocycles. The summed E-state index contributed by atoms with van der Waals surface area (Å²) in [7, 11) is -3.15. The second-order valence-electron chi connectivity index (χ2n) is 6.36. The summed E-state index contributed by atoms with van der Waals surface area (Å²) in [6, 6.07) is 14.1. The van der Waals surface area contributed by atoms with Gasteiger partial charge >= 0.3 is 0 Å². The van der Waals surface area contributed by atoms with Crippen molar-refractivity contribution >= 4 is 48.4 Å². The molecule has 8 heteroatoms. The Balaban J connectivity index is 1.66. The zero-order chi connectivity index (χ0) is 18.3. The molecule has 0 bridgehead atoms. The summed E-state index contributed by atoms with van der Waals surface area (Å²) in [5.74, 6) is 0.339. The van der Waals surface area contributed by atoms with E-state index in [-0.39, 0.29) is 23.6 Å². The molecular formula is C18H16BrFN2O2S2. The minimum Gasteiger partial charge on any atom is -0.312 e. The minimum atomic E-state index is -3.15. The van der Waals surface area contributed by atoms with Crippen LogP contribution in [0.25, 0.3) is 0 Å². The van der Waals surface area contributed by atoms with Gasteiger partial charge in [-0.25, -0.2) is 12.8 Å². The van der Waals surface area contributed by atoms with E-state index in [1.807, 2.05) is 30.3 Å². The fourth-order valence-corrected chi connectivity index (χ4v) is 6.56. The average Bonchev–Trinajstić information content (AvgIpc) is 3.06. The van der Waals surface area contributed by atoms with Crippen molar-refractivity contribution in [2.24, 2.45) is 4.99 Å².